The van der Waals surface area contributed by atoms with Gasteiger partial charge in [-0.3, -0.25) is 4.79 Å². The first-order valence-electron chi connectivity index (χ1n) is 9.76. The van der Waals surface area contributed by atoms with Crippen molar-refractivity contribution < 1.29 is 4.79 Å². The van der Waals surface area contributed by atoms with E-state index in [-0.39, 0.29) is 5.91 Å². The minimum atomic E-state index is -0.161. The molecule has 0 unspecified atom stereocenters. The van der Waals surface area contributed by atoms with E-state index in [2.05, 4.69) is 24.4 Å². The Morgan fingerprint density at radius 1 is 0.900 bits per heavy atom. The summed E-state index contributed by atoms with van der Waals surface area (Å²) in [6.07, 6.45) is 0.980. The Balaban J connectivity index is 1.67. The predicted octanol–water partition coefficient (Wildman–Crippen LogP) is 6.70. The molecule has 3 aromatic carbocycles. The molecule has 0 atom stereocenters. The summed E-state index contributed by atoms with van der Waals surface area (Å²) in [7, 11) is 0. The number of nitrogens with one attached hydrogen (secondary N) is 1. The van der Waals surface area contributed by atoms with Gasteiger partial charge in [0.1, 0.15) is 0 Å². The summed E-state index contributed by atoms with van der Waals surface area (Å²) in [5.74, 6) is -0.161. The molecule has 1 amide bonds. The van der Waals surface area contributed by atoms with Gasteiger partial charge in [-0.15, -0.1) is 0 Å². The number of carbonyl (C=O) groups excluding carboxylic acids is 1. The molecular formula is C25H20Cl2N2O. The molecule has 0 aliphatic rings. The highest BCUT2D eigenvalue weighted by Gasteiger charge is 2.14. The fourth-order valence-electron chi connectivity index (χ4n) is 3.35. The van der Waals surface area contributed by atoms with Crippen LogP contribution in [0.15, 0.2) is 72.8 Å². The highest BCUT2D eigenvalue weighted by atomic mass is 35.5. The van der Waals surface area contributed by atoms with Gasteiger partial charge < -0.3 is 5.32 Å². The number of aromatic nitrogens is 1. The molecule has 1 heterocycles. The molecule has 150 valence electrons. The van der Waals surface area contributed by atoms with Gasteiger partial charge in [-0.05, 0) is 41.8 Å². The molecule has 0 aliphatic carbocycles. The molecule has 0 saturated carbocycles. The summed E-state index contributed by atoms with van der Waals surface area (Å²) < 4.78 is 0. The molecule has 3 nitrogen and oxygen atoms in total. The average molecular weight is 435 g/mol. The van der Waals surface area contributed by atoms with E-state index in [1.165, 1.54) is 5.56 Å². The summed E-state index contributed by atoms with van der Waals surface area (Å²) >= 11 is 12.1. The number of para-hydroxylation sites is 1. The van der Waals surface area contributed by atoms with Gasteiger partial charge in [-0.1, -0.05) is 78.7 Å². The average Bonchev–Trinajstić information content (AvgIpc) is 2.79. The molecule has 0 aliphatic heterocycles. The Kier molecular flexibility index (Phi) is 6.03. The molecule has 0 radical (unpaired) electrons. The molecule has 5 heteroatoms. The van der Waals surface area contributed by atoms with E-state index < -0.39 is 0 Å². The van der Waals surface area contributed by atoms with Gasteiger partial charge in [-0.2, -0.15) is 0 Å². The predicted molar refractivity (Wildman–Crippen MR) is 124 cm³/mol. The normalized spacial score (nSPS) is 10.9. The first-order valence-corrected chi connectivity index (χ1v) is 10.5. The number of hydrogen-bond acceptors (Lipinski definition) is 2. The zero-order chi connectivity index (χ0) is 21.1. The summed E-state index contributed by atoms with van der Waals surface area (Å²) in [5, 5.41) is 4.76. The molecule has 4 aromatic rings. The van der Waals surface area contributed by atoms with Crippen molar-refractivity contribution in [1.29, 1.82) is 0 Å². The smallest absolute Gasteiger partial charge is 0.252 e. The van der Waals surface area contributed by atoms with Crippen LogP contribution in [0, 0.1) is 0 Å². The lowest BCUT2D eigenvalue weighted by molar-refractivity contribution is 0.0952. The highest BCUT2D eigenvalue weighted by Crippen LogP contribution is 2.26. The number of carbonyl (C=O) groups is 1. The van der Waals surface area contributed by atoms with Crippen LogP contribution < -0.4 is 5.32 Å². The standard InChI is InChI=1S/C25H20Cl2N2O/c1-2-16-7-10-18(11-8-16)24-14-20(19-5-3-4-6-23(19)29-24)25(30)28-15-17-9-12-21(26)22(27)13-17/h3-14H,2,15H2,1H3,(H,28,30). The number of pyridine rings is 1. The van der Waals surface area contributed by atoms with E-state index in [0.717, 1.165) is 34.1 Å². The number of amides is 1. The summed E-state index contributed by atoms with van der Waals surface area (Å²) in [5.41, 5.74) is 5.28. The van der Waals surface area contributed by atoms with E-state index in [1.807, 2.05) is 48.5 Å². The van der Waals surface area contributed by atoms with Crippen molar-refractivity contribution in [1.82, 2.24) is 10.3 Å². The fourth-order valence-corrected chi connectivity index (χ4v) is 3.67. The molecule has 0 spiro atoms. The number of halogens is 2. The molecule has 0 fully saturated rings. The van der Waals surface area contributed by atoms with Crippen LogP contribution in [0.2, 0.25) is 10.0 Å². The SMILES string of the molecule is CCc1ccc(-c2cc(C(=O)NCc3ccc(Cl)c(Cl)c3)c3ccccc3n2)cc1. The quantitative estimate of drug-likeness (QED) is 0.379. The molecule has 30 heavy (non-hydrogen) atoms. The molecule has 0 saturated heterocycles. The van der Waals surface area contributed by atoms with Gasteiger partial charge in [0, 0.05) is 17.5 Å². The van der Waals surface area contributed by atoms with E-state index in [9.17, 15) is 4.79 Å². The van der Waals surface area contributed by atoms with Gasteiger partial charge in [-0.25, -0.2) is 4.98 Å². The van der Waals surface area contributed by atoms with Crippen LogP contribution in [-0.2, 0) is 13.0 Å². The van der Waals surface area contributed by atoms with Crippen LogP contribution in [0.5, 0.6) is 0 Å². The Morgan fingerprint density at radius 2 is 1.63 bits per heavy atom. The largest absolute Gasteiger partial charge is 0.348 e. The number of aryl methyl sites for hydroxylation is 1. The minimum Gasteiger partial charge on any atom is -0.348 e. The van der Waals surface area contributed by atoms with E-state index in [4.69, 9.17) is 28.2 Å². The monoisotopic (exact) mass is 434 g/mol. The van der Waals surface area contributed by atoms with Crippen LogP contribution in [0.3, 0.4) is 0 Å². The van der Waals surface area contributed by atoms with Gasteiger partial charge in [0.25, 0.3) is 5.91 Å². The molecule has 1 N–H and O–H groups in total. The third-order valence-corrected chi connectivity index (χ3v) is 5.79. The number of nitrogens with zero attached hydrogens (tertiary/aromatic N) is 1. The first-order chi connectivity index (χ1) is 14.5. The van der Waals surface area contributed by atoms with Crippen molar-refractivity contribution in [3.8, 4) is 11.3 Å². The Labute approximate surface area is 185 Å². The second-order valence-corrected chi connectivity index (χ2v) is 7.87. The molecule has 4 rings (SSSR count). The Morgan fingerprint density at radius 3 is 2.37 bits per heavy atom. The lowest BCUT2D eigenvalue weighted by atomic mass is 10.0. The zero-order valence-electron chi connectivity index (χ0n) is 16.5. The second-order valence-electron chi connectivity index (χ2n) is 7.05. The summed E-state index contributed by atoms with van der Waals surface area (Å²) in [6.45, 7) is 2.48. The molecule has 0 bridgehead atoms. The van der Waals surface area contributed by atoms with Crippen LogP contribution >= 0.6 is 23.2 Å². The fraction of sp³-hybridized carbons (Fsp3) is 0.120. The third kappa shape index (κ3) is 4.33. The summed E-state index contributed by atoms with van der Waals surface area (Å²) in [4.78, 5) is 17.8. The lowest BCUT2D eigenvalue weighted by Crippen LogP contribution is -2.23. The maximum atomic E-state index is 13.1. The molecule has 1 aromatic heterocycles. The van der Waals surface area contributed by atoms with Crippen molar-refractivity contribution in [2.24, 2.45) is 0 Å². The summed E-state index contributed by atoms with van der Waals surface area (Å²) in [6, 6.07) is 23.2. The minimum absolute atomic E-state index is 0.161. The number of hydrogen-bond donors (Lipinski definition) is 1. The number of rotatable bonds is 5. The van der Waals surface area contributed by atoms with Crippen LogP contribution in [0.25, 0.3) is 22.2 Å². The number of fused-ring (bicyclic) bond motifs is 1. The van der Waals surface area contributed by atoms with Crippen molar-refractivity contribution in [2.75, 3.05) is 0 Å². The van der Waals surface area contributed by atoms with Crippen molar-refractivity contribution >= 4 is 40.0 Å². The lowest BCUT2D eigenvalue weighted by Gasteiger charge is -2.11. The van der Waals surface area contributed by atoms with Gasteiger partial charge in [0.2, 0.25) is 0 Å². The maximum Gasteiger partial charge on any atom is 0.252 e. The maximum absolute atomic E-state index is 13.1. The van der Waals surface area contributed by atoms with E-state index in [0.29, 0.717) is 22.2 Å². The molecular weight excluding hydrogens is 415 g/mol. The van der Waals surface area contributed by atoms with E-state index >= 15 is 0 Å². The van der Waals surface area contributed by atoms with E-state index in [1.54, 1.807) is 12.1 Å². The van der Waals surface area contributed by atoms with Gasteiger partial charge in [0.05, 0.1) is 26.8 Å². The van der Waals surface area contributed by atoms with Crippen molar-refractivity contribution in [3.63, 3.8) is 0 Å². The van der Waals surface area contributed by atoms with Crippen molar-refractivity contribution in [3.05, 3.63) is 99.5 Å². The Hall–Kier alpha value is -2.88. The van der Waals surface area contributed by atoms with Gasteiger partial charge >= 0.3 is 0 Å². The van der Waals surface area contributed by atoms with Crippen LogP contribution in [-0.4, -0.2) is 10.9 Å². The zero-order valence-corrected chi connectivity index (χ0v) is 18.0. The van der Waals surface area contributed by atoms with Gasteiger partial charge in [0.15, 0.2) is 0 Å². The first kappa shape index (κ1) is 20.4. The van der Waals surface area contributed by atoms with Crippen LogP contribution in [0.4, 0.5) is 0 Å². The van der Waals surface area contributed by atoms with Crippen molar-refractivity contribution in [2.45, 2.75) is 19.9 Å². The second kappa shape index (κ2) is 8.86. The van der Waals surface area contributed by atoms with Crippen LogP contribution in [0.1, 0.15) is 28.4 Å². The highest BCUT2D eigenvalue weighted by molar-refractivity contribution is 6.42. The number of benzene rings is 3. The topological polar surface area (TPSA) is 42.0 Å². The third-order valence-electron chi connectivity index (χ3n) is 5.06. The Bertz CT molecular complexity index is 1220.